The number of piperazine rings is 1. The highest BCUT2D eigenvalue weighted by Gasteiger charge is 2.45. The van der Waals surface area contributed by atoms with Crippen molar-refractivity contribution in [2.75, 3.05) is 6.61 Å². The van der Waals surface area contributed by atoms with Crippen LogP contribution in [0.5, 0.6) is 0 Å². The van der Waals surface area contributed by atoms with Crippen LogP contribution in [-0.2, 0) is 14.3 Å². The third-order valence-electron chi connectivity index (χ3n) is 2.42. The van der Waals surface area contributed by atoms with Crippen LogP contribution < -0.4 is 5.32 Å². The van der Waals surface area contributed by atoms with E-state index in [1.165, 1.54) is 17.4 Å². The van der Waals surface area contributed by atoms with Crippen LogP contribution in [0.2, 0.25) is 0 Å². The first-order valence-corrected chi connectivity index (χ1v) is 4.45. The number of carbonyl (C=O) groups is 2. The Balaban J connectivity index is 2.34. The van der Waals surface area contributed by atoms with Crippen molar-refractivity contribution < 1.29 is 14.3 Å². The van der Waals surface area contributed by atoms with Crippen molar-refractivity contribution in [3.63, 3.8) is 0 Å². The molecule has 1 atom stereocenters. The Morgan fingerprint density at radius 1 is 1.57 bits per heavy atom. The molecule has 0 bridgehead atoms. The van der Waals surface area contributed by atoms with Gasteiger partial charge in [-0.15, -0.1) is 0 Å². The number of nitrogens with zero attached hydrogens (tertiary/aromatic N) is 1. The molecule has 14 heavy (non-hydrogen) atoms. The summed E-state index contributed by atoms with van der Waals surface area (Å²) in [4.78, 5) is 24.8. The first-order valence-electron chi connectivity index (χ1n) is 4.45. The number of ether oxygens (including phenoxy) is 1. The summed E-state index contributed by atoms with van der Waals surface area (Å²) in [5.41, 5.74) is -0.824. The summed E-state index contributed by atoms with van der Waals surface area (Å²) in [6, 6.07) is -0.513. The maximum atomic E-state index is 11.8. The quantitative estimate of drug-likeness (QED) is 0.573. The average molecular weight is 196 g/mol. The minimum absolute atomic E-state index is 0.110. The molecule has 1 N–H and O–H groups in total. The van der Waals surface area contributed by atoms with Crippen molar-refractivity contribution in [3.05, 3.63) is 12.5 Å². The van der Waals surface area contributed by atoms with Gasteiger partial charge in [-0.25, -0.2) is 0 Å². The monoisotopic (exact) mass is 196 g/mol. The fourth-order valence-electron chi connectivity index (χ4n) is 1.62. The van der Waals surface area contributed by atoms with Crippen LogP contribution in [0.25, 0.3) is 0 Å². The Morgan fingerprint density at radius 3 is 3.00 bits per heavy atom. The molecular formula is C9H12N2O3. The zero-order valence-corrected chi connectivity index (χ0v) is 8.11. The largest absolute Gasteiger partial charge is 0.497 e. The Hall–Kier alpha value is -1.52. The highest BCUT2D eigenvalue weighted by Crippen LogP contribution is 2.20. The van der Waals surface area contributed by atoms with Gasteiger partial charge in [-0.05, 0) is 13.8 Å². The van der Waals surface area contributed by atoms with Crippen molar-refractivity contribution in [1.29, 1.82) is 0 Å². The number of rotatable bonds is 0. The molecule has 0 aromatic carbocycles. The van der Waals surface area contributed by atoms with E-state index in [2.05, 4.69) is 5.32 Å². The van der Waals surface area contributed by atoms with Crippen LogP contribution >= 0.6 is 0 Å². The number of hydrogen-bond acceptors (Lipinski definition) is 3. The van der Waals surface area contributed by atoms with Gasteiger partial charge in [0.05, 0.1) is 6.26 Å². The van der Waals surface area contributed by atoms with Gasteiger partial charge < -0.3 is 10.1 Å². The van der Waals surface area contributed by atoms with Crippen LogP contribution in [0, 0.1) is 0 Å². The highest BCUT2D eigenvalue weighted by molar-refractivity contribution is 6.00. The summed E-state index contributed by atoms with van der Waals surface area (Å²) in [5, 5.41) is 2.66. The van der Waals surface area contributed by atoms with Gasteiger partial charge >= 0.3 is 0 Å². The van der Waals surface area contributed by atoms with Crippen LogP contribution in [0.3, 0.4) is 0 Å². The molecule has 0 saturated carbocycles. The van der Waals surface area contributed by atoms with Gasteiger partial charge in [0.1, 0.15) is 18.2 Å². The first-order chi connectivity index (χ1) is 6.52. The normalized spacial score (nSPS) is 29.3. The van der Waals surface area contributed by atoms with Gasteiger partial charge in [0, 0.05) is 6.20 Å². The maximum absolute atomic E-state index is 11.8. The second-order valence-electron chi connectivity index (χ2n) is 3.96. The Kier molecular flexibility index (Phi) is 1.77. The minimum Gasteiger partial charge on any atom is -0.497 e. The predicted molar refractivity (Wildman–Crippen MR) is 47.9 cm³/mol. The Labute approximate surface area is 81.7 Å². The average Bonchev–Trinajstić information content (AvgIpc) is 2.14. The molecule has 5 heteroatoms. The molecule has 2 aliphatic heterocycles. The van der Waals surface area contributed by atoms with E-state index in [1.807, 2.05) is 0 Å². The van der Waals surface area contributed by atoms with E-state index in [-0.39, 0.29) is 18.4 Å². The summed E-state index contributed by atoms with van der Waals surface area (Å²) >= 11 is 0. The molecule has 0 aromatic rings. The van der Waals surface area contributed by atoms with Crippen LogP contribution in [0.15, 0.2) is 12.5 Å². The number of nitrogens with one attached hydrogen (secondary N) is 1. The van der Waals surface area contributed by atoms with E-state index in [0.29, 0.717) is 0 Å². The molecule has 2 rings (SSSR count). The van der Waals surface area contributed by atoms with E-state index in [0.717, 1.165) is 0 Å². The predicted octanol–water partition coefficient (Wildman–Crippen LogP) is -0.407. The smallest absolute Gasteiger partial charge is 0.252 e. The van der Waals surface area contributed by atoms with Gasteiger partial charge in [0.2, 0.25) is 5.91 Å². The SMILES string of the molecule is CC1(C)NC(=O)C2COC=CN2C1=O. The lowest BCUT2D eigenvalue weighted by Gasteiger charge is -2.41. The molecule has 1 unspecified atom stereocenters. The summed E-state index contributed by atoms with van der Waals surface area (Å²) in [6.07, 6.45) is 2.94. The number of fused-ring (bicyclic) bond motifs is 1. The fourth-order valence-corrected chi connectivity index (χ4v) is 1.62. The number of carbonyl (C=O) groups excluding carboxylic acids is 2. The van der Waals surface area contributed by atoms with E-state index in [1.54, 1.807) is 13.8 Å². The van der Waals surface area contributed by atoms with Gasteiger partial charge in [0.15, 0.2) is 0 Å². The number of amides is 2. The van der Waals surface area contributed by atoms with Gasteiger partial charge in [-0.2, -0.15) is 0 Å². The molecule has 0 aromatic heterocycles. The molecule has 1 fully saturated rings. The minimum atomic E-state index is -0.824. The Bertz CT molecular complexity index is 322. The molecular weight excluding hydrogens is 184 g/mol. The van der Waals surface area contributed by atoms with Crippen molar-refractivity contribution in [2.45, 2.75) is 25.4 Å². The number of hydrogen-bond donors (Lipinski definition) is 1. The van der Waals surface area contributed by atoms with Crippen molar-refractivity contribution in [1.82, 2.24) is 10.2 Å². The topological polar surface area (TPSA) is 58.6 Å². The molecule has 1 saturated heterocycles. The summed E-state index contributed by atoms with van der Waals surface area (Å²) in [6.45, 7) is 3.60. The van der Waals surface area contributed by atoms with E-state index in [9.17, 15) is 9.59 Å². The molecule has 0 spiro atoms. The van der Waals surface area contributed by atoms with E-state index >= 15 is 0 Å². The summed E-state index contributed by atoms with van der Waals surface area (Å²) < 4.78 is 4.99. The maximum Gasteiger partial charge on any atom is 0.252 e. The molecule has 2 aliphatic rings. The van der Waals surface area contributed by atoms with Crippen molar-refractivity contribution in [2.24, 2.45) is 0 Å². The Morgan fingerprint density at radius 2 is 2.29 bits per heavy atom. The van der Waals surface area contributed by atoms with Crippen LogP contribution in [0.4, 0.5) is 0 Å². The molecule has 0 aliphatic carbocycles. The highest BCUT2D eigenvalue weighted by atomic mass is 16.5. The second kappa shape index (κ2) is 2.73. The zero-order chi connectivity index (χ0) is 10.3. The van der Waals surface area contributed by atoms with Crippen molar-refractivity contribution in [3.8, 4) is 0 Å². The lowest BCUT2D eigenvalue weighted by molar-refractivity contribution is -0.153. The van der Waals surface area contributed by atoms with E-state index < -0.39 is 11.6 Å². The lowest BCUT2D eigenvalue weighted by atomic mass is 9.97. The van der Waals surface area contributed by atoms with Crippen molar-refractivity contribution >= 4 is 11.8 Å². The lowest BCUT2D eigenvalue weighted by Crippen LogP contribution is -2.68. The third kappa shape index (κ3) is 1.16. The van der Waals surface area contributed by atoms with Gasteiger partial charge in [0.25, 0.3) is 5.91 Å². The molecule has 0 radical (unpaired) electrons. The molecule has 76 valence electrons. The van der Waals surface area contributed by atoms with E-state index in [4.69, 9.17) is 4.74 Å². The van der Waals surface area contributed by atoms with Gasteiger partial charge in [-0.3, -0.25) is 14.5 Å². The molecule has 2 amide bonds. The summed E-state index contributed by atoms with van der Waals surface area (Å²) in [5.74, 6) is -0.277. The summed E-state index contributed by atoms with van der Waals surface area (Å²) in [7, 11) is 0. The van der Waals surface area contributed by atoms with Gasteiger partial charge in [-0.1, -0.05) is 0 Å². The fraction of sp³-hybridized carbons (Fsp3) is 0.556. The van der Waals surface area contributed by atoms with Crippen LogP contribution in [0.1, 0.15) is 13.8 Å². The molecule has 5 nitrogen and oxygen atoms in total. The third-order valence-corrected chi connectivity index (χ3v) is 2.42. The van der Waals surface area contributed by atoms with Crippen LogP contribution in [-0.4, -0.2) is 34.9 Å². The zero-order valence-electron chi connectivity index (χ0n) is 8.11. The molecule has 2 heterocycles. The first kappa shape index (κ1) is 9.05. The second-order valence-corrected chi connectivity index (χ2v) is 3.96. The standard InChI is InChI=1S/C9H12N2O3/c1-9(2)8(13)11-3-4-14-5-6(11)7(12)10-9/h3-4,6H,5H2,1-2H3,(H,10,12).